The number of piperidine rings is 1. The number of aryl methyl sites for hydroxylation is 1. The maximum absolute atomic E-state index is 4.65. The number of hydrogen-bond acceptors (Lipinski definition) is 4. The van der Waals surface area contributed by atoms with E-state index in [-0.39, 0.29) is 0 Å². The molecule has 0 bridgehead atoms. The van der Waals surface area contributed by atoms with Gasteiger partial charge in [-0.15, -0.1) is 5.10 Å². The van der Waals surface area contributed by atoms with Gasteiger partial charge in [0.2, 0.25) is 5.95 Å². The third kappa shape index (κ3) is 4.47. The van der Waals surface area contributed by atoms with Crippen LogP contribution in [0, 0.1) is 5.92 Å². The van der Waals surface area contributed by atoms with Gasteiger partial charge in [-0.2, -0.15) is 4.98 Å². The number of H-pyrrole nitrogens is 1. The Balaban J connectivity index is 1.75. The van der Waals surface area contributed by atoms with Gasteiger partial charge >= 0.3 is 0 Å². The van der Waals surface area contributed by atoms with E-state index in [0.29, 0.717) is 0 Å². The third-order valence-corrected chi connectivity index (χ3v) is 4.18. The number of anilines is 1. The second-order valence-electron chi connectivity index (χ2n) is 5.88. The molecule has 1 aliphatic heterocycles. The number of aromatic nitrogens is 3. The fourth-order valence-corrected chi connectivity index (χ4v) is 2.88. The lowest BCUT2D eigenvalue weighted by Crippen LogP contribution is -2.37. The lowest BCUT2D eigenvalue weighted by atomic mass is 9.97. The van der Waals surface area contributed by atoms with E-state index in [1.165, 1.54) is 38.5 Å². The molecule has 1 aromatic heterocycles. The Kier molecular flexibility index (Phi) is 6.30. The van der Waals surface area contributed by atoms with Gasteiger partial charge in [0.1, 0.15) is 5.82 Å². The average molecular weight is 279 g/mol. The van der Waals surface area contributed by atoms with Crippen molar-refractivity contribution in [2.24, 2.45) is 5.92 Å². The van der Waals surface area contributed by atoms with Crippen LogP contribution in [-0.2, 0) is 6.42 Å². The standard InChI is InChI=1S/C15H29N5/c1-3-4-5-6-7-14-17-15(19-18-14)20-10-8-13(9-11-20)12-16-2/h13,16H,3-12H2,1-2H3,(H,17,18,19). The molecule has 1 saturated heterocycles. The number of unbranched alkanes of at least 4 members (excludes halogenated alkanes) is 3. The normalized spacial score (nSPS) is 16.8. The second kappa shape index (κ2) is 8.25. The Morgan fingerprint density at radius 1 is 1.25 bits per heavy atom. The van der Waals surface area contributed by atoms with Crippen molar-refractivity contribution >= 4 is 5.95 Å². The first-order chi connectivity index (χ1) is 9.83. The maximum Gasteiger partial charge on any atom is 0.244 e. The molecule has 2 rings (SSSR count). The van der Waals surface area contributed by atoms with E-state index in [9.17, 15) is 0 Å². The lowest BCUT2D eigenvalue weighted by Gasteiger charge is -2.30. The van der Waals surface area contributed by atoms with Crippen molar-refractivity contribution in [1.29, 1.82) is 0 Å². The van der Waals surface area contributed by atoms with Crippen LogP contribution in [0.4, 0.5) is 5.95 Å². The Bertz CT molecular complexity index is 368. The summed E-state index contributed by atoms with van der Waals surface area (Å²) in [5.74, 6) is 2.76. The molecule has 0 unspecified atom stereocenters. The molecule has 2 heterocycles. The summed E-state index contributed by atoms with van der Waals surface area (Å²) in [6.07, 6.45) is 8.61. The van der Waals surface area contributed by atoms with Crippen LogP contribution in [0.3, 0.4) is 0 Å². The van der Waals surface area contributed by atoms with Crippen LogP contribution in [0.5, 0.6) is 0 Å². The molecule has 5 nitrogen and oxygen atoms in total. The quantitative estimate of drug-likeness (QED) is 0.717. The maximum atomic E-state index is 4.65. The molecule has 0 aromatic carbocycles. The zero-order chi connectivity index (χ0) is 14.2. The van der Waals surface area contributed by atoms with E-state index in [2.05, 4.69) is 32.3 Å². The Hall–Kier alpha value is -1.10. The summed E-state index contributed by atoms with van der Waals surface area (Å²) in [6.45, 7) is 5.54. The molecule has 0 saturated carbocycles. The fraction of sp³-hybridized carbons (Fsp3) is 0.867. The molecule has 1 aromatic rings. The Morgan fingerprint density at radius 2 is 2.05 bits per heavy atom. The minimum absolute atomic E-state index is 0.809. The van der Waals surface area contributed by atoms with E-state index in [4.69, 9.17) is 0 Å². The van der Waals surface area contributed by atoms with Gasteiger partial charge < -0.3 is 10.2 Å². The van der Waals surface area contributed by atoms with Crippen LogP contribution in [0.15, 0.2) is 0 Å². The highest BCUT2D eigenvalue weighted by Crippen LogP contribution is 2.20. The number of rotatable bonds is 8. The molecule has 0 aliphatic carbocycles. The van der Waals surface area contributed by atoms with E-state index in [1.807, 2.05) is 7.05 Å². The summed E-state index contributed by atoms with van der Waals surface area (Å²) in [5, 5.41) is 10.8. The molecule has 0 amide bonds. The molecule has 0 radical (unpaired) electrons. The monoisotopic (exact) mass is 279 g/mol. The van der Waals surface area contributed by atoms with E-state index in [0.717, 1.165) is 43.7 Å². The minimum atomic E-state index is 0.809. The molecular weight excluding hydrogens is 250 g/mol. The number of hydrogen-bond donors (Lipinski definition) is 2. The van der Waals surface area contributed by atoms with E-state index in [1.54, 1.807) is 0 Å². The van der Waals surface area contributed by atoms with Gasteiger partial charge in [0, 0.05) is 19.5 Å². The molecule has 114 valence electrons. The average Bonchev–Trinajstić information content (AvgIpc) is 2.94. The molecule has 0 atom stereocenters. The molecular formula is C15H29N5. The van der Waals surface area contributed by atoms with Gasteiger partial charge in [-0.25, -0.2) is 0 Å². The second-order valence-corrected chi connectivity index (χ2v) is 5.88. The van der Waals surface area contributed by atoms with Gasteiger partial charge in [-0.05, 0) is 38.8 Å². The first kappa shape index (κ1) is 15.3. The zero-order valence-electron chi connectivity index (χ0n) is 13.0. The van der Waals surface area contributed by atoms with Crippen molar-refractivity contribution in [3.63, 3.8) is 0 Å². The lowest BCUT2D eigenvalue weighted by molar-refractivity contribution is 0.391. The SMILES string of the molecule is CCCCCCc1nc(N2CCC(CNC)CC2)n[nH]1. The van der Waals surface area contributed by atoms with Crippen LogP contribution in [0.1, 0.15) is 51.3 Å². The summed E-state index contributed by atoms with van der Waals surface area (Å²) in [6, 6.07) is 0. The van der Waals surface area contributed by atoms with Crippen molar-refractivity contribution in [2.45, 2.75) is 51.9 Å². The van der Waals surface area contributed by atoms with Crippen LogP contribution in [0.2, 0.25) is 0 Å². The Labute approximate surface area is 122 Å². The summed E-state index contributed by atoms with van der Waals surface area (Å²) < 4.78 is 0. The van der Waals surface area contributed by atoms with Crippen molar-refractivity contribution in [1.82, 2.24) is 20.5 Å². The summed E-state index contributed by atoms with van der Waals surface area (Å²) in [4.78, 5) is 6.96. The predicted molar refractivity (Wildman–Crippen MR) is 83.1 cm³/mol. The highest BCUT2D eigenvalue weighted by molar-refractivity contribution is 5.29. The fourth-order valence-electron chi connectivity index (χ4n) is 2.88. The van der Waals surface area contributed by atoms with Crippen molar-refractivity contribution < 1.29 is 0 Å². The number of nitrogens with one attached hydrogen (secondary N) is 2. The highest BCUT2D eigenvalue weighted by atomic mass is 15.4. The zero-order valence-corrected chi connectivity index (χ0v) is 13.0. The smallest absolute Gasteiger partial charge is 0.244 e. The topological polar surface area (TPSA) is 56.8 Å². The minimum Gasteiger partial charge on any atom is -0.340 e. The molecule has 1 fully saturated rings. The number of aromatic amines is 1. The molecule has 2 N–H and O–H groups in total. The summed E-state index contributed by atoms with van der Waals surface area (Å²) in [5.41, 5.74) is 0. The van der Waals surface area contributed by atoms with Gasteiger partial charge in [-0.1, -0.05) is 26.2 Å². The van der Waals surface area contributed by atoms with Gasteiger partial charge in [-0.3, -0.25) is 5.10 Å². The van der Waals surface area contributed by atoms with Crippen molar-refractivity contribution in [2.75, 3.05) is 31.6 Å². The first-order valence-corrected chi connectivity index (χ1v) is 8.14. The number of nitrogens with zero attached hydrogens (tertiary/aromatic N) is 3. The van der Waals surface area contributed by atoms with E-state index < -0.39 is 0 Å². The molecule has 20 heavy (non-hydrogen) atoms. The van der Waals surface area contributed by atoms with Gasteiger partial charge in [0.25, 0.3) is 0 Å². The van der Waals surface area contributed by atoms with Crippen molar-refractivity contribution in [3.8, 4) is 0 Å². The van der Waals surface area contributed by atoms with Crippen LogP contribution < -0.4 is 10.2 Å². The van der Waals surface area contributed by atoms with Gasteiger partial charge in [0.05, 0.1) is 0 Å². The molecule has 5 heteroatoms. The molecule has 0 spiro atoms. The summed E-state index contributed by atoms with van der Waals surface area (Å²) >= 11 is 0. The Morgan fingerprint density at radius 3 is 2.75 bits per heavy atom. The van der Waals surface area contributed by atoms with E-state index >= 15 is 0 Å². The molecule has 1 aliphatic rings. The first-order valence-electron chi connectivity index (χ1n) is 8.14. The van der Waals surface area contributed by atoms with Crippen LogP contribution >= 0.6 is 0 Å². The summed E-state index contributed by atoms with van der Waals surface area (Å²) in [7, 11) is 2.03. The van der Waals surface area contributed by atoms with Gasteiger partial charge in [0.15, 0.2) is 0 Å². The predicted octanol–water partition coefficient (Wildman–Crippen LogP) is 2.36. The third-order valence-electron chi connectivity index (χ3n) is 4.18. The largest absolute Gasteiger partial charge is 0.340 e. The highest BCUT2D eigenvalue weighted by Gasteiger charge is 2.21. The van der Waals surface area contributed by atoms with Crippen LogP contribution in [0.25, 0.3) is 0 Å². The van der Waals surface area contributed by atoms with Crippen molar-refractivity contribution in [3.05, 3.63) is 5.82 Å². The van der Waals surface area contributed by atoms with Crippen LogP contribution in [-0.4, -0.2) is 41.9 Å².